The van der Waals surface area contributed by atoms with Gasteiger partial charge in [0, 0.05) is 6.08 Å². The number of hydrogen-bond donors (Lipinski definition) is 0. The van der Waals surface area contributed by atoms with Crippen LogP contribution in [0.5, 0.6) is 0 Å². The molecule has 3 nitrogen and oxygen atoms in total. The van der Waals surface area contributed by atoms with Crippen LogP contribution in [-0.2, 0) is 4.74 Å². The minimum Gasteiger partial charge on any atom is -0.465 e. The molecule has 0 radical (unpaired) electrons. The summed E-state index contributed by atoms with van der Waals surface area (Å²) in [5.41, 5.74) is 0.162. The molecule has 76 valence electrons. The molecular formula is C11H8FNO2. The molecule has 0 amide bonds. The normalized spacial score (nSPS) is 9.93. The maximum atomic E-state index is 13.3. The van der Waals surface area contributed by atoms with Crippen molar-refractivity contribution in [1.82, 2.24) is 0 Å². The molecule has 0 aromatic heterocycles. The van der Waals surface area contributed by atoms with Gasteiger partial charge in [0.05, 0.1) is 13.2 Å². The Morgan fingerprint density at radius 3 is 2.93 bits per heavy atom. The average molecular weight is 205 g/mol. The molecule has 1 aromatic rings. The number of benzene rings is 1. The number of carbonyl (C=O) groups is 1. The molecule has 0 aliphatic heterocycles. The smallest absolute Gasteiger partial charge is 0.341 e. The highest BCUT2D eigenvalue weighted by atomic mass is 19.1. The number of nitrogens with zero attached hydrogens (tertiary/aromatic N) is 1. The number of allylic oxidation sites excluding steroid dienone is 1. The Kier molecular flexibility index (Phi) is 3.58. The largest absolute Gasteiger partial charge is 0.465 e. The Morgan fingerprint density at radius 1 is 1.60 bits per heavy atom. The zero-order valence-electron chi connectivity index (χ0n) is 8.03. The zero-order valence-corrected chi connectivity index (χ0v) is 8.03. The minimum absolute atomic E-state index is 0.161. The first kappa shape index (κ1) is 10.9. The molecule has 15 heavy (non-hydrogen) atoms. The second-order valence-electron chi connectivity index (χ2n) is 2.66. The van der Waals surface area contributed by atoms with E-state index in [4.69, 9.17) is 5.26 Å². The molecule has 1 aromatic carbocycles. The summed E-state index contributed by atoms with van der Waals surface area (Å²) in [6.07, 6.45) is 2.52. The number of nitriles is 1. The van der Waals surface area contributed by atoms with Crippen LogP contribution in [0.25, 0.3) is 6.08 Å². The lowest BCUT2D eigenvalue weighted by atomic mass is 10.1. The number of halogens is 1. The van der Waals surface area contributed by atoms with Gasteiger partial charge in [-0.1, -0.05) is 12.1 Å². The van der Waals surface area contributed by atoms with E-state index < -0.39 is 11.8 Å². The molecule has 0 heterocycles. The van der Waals surface area contributed by atoms with E-state index in [1.165, 1.54) is 31.4 Å². The topological polar surface area (TPSA) is 50.1 Å². The summed E-state index contributed by atoms with van der Waals surface area (Å²) in [6.45, 7) is 0. The van der Waals surface area contributed by atoms with Crippen molar-refractivity contribution in [2.45, 2.75) is 0 Å². The van der Waals surface area contributed by atoms with E-state index in [2.05, 4.69) is 4.74 Å². The van der Waals surface area contributed by atoms with Gasteiger partial charge in [0.1, 0.15) is 11.4 Å². The molecule has 0 saturated heterocycles. The van der Waals surface area contributed by atoms with Crippen LogP contribution in [-0.4, -0.2) is 13.1 Å². The van der Waals surface area contributed by atoms with E-state index in [-0.39, 0.29) is 5.56 Å². The van der Waals surface area contributed by atoms with E-state index in [1.807, 2.05) is 0 Å². The Balaban J connectivity index is 3.27. The summed E-state index contributed by atoms with van der Waals surface area (Å²) in [7, 11) is 1.17. The van der Waals surface area contributed by atoms with Crippen LogP contribution >= 0.6 is 0 Å². The molecule has 0 spiro atoms. The lowest BCUT2D eigenvalue weighted by Crippen LogP contribution is -2.06. The summed E-state index contributed by atoms with van der Waals surface area (Å²) < 4.78 is 17.7. The third kappa shape index (κ3) is 2.41. The zero-order chi connectivity index (χ0) is 11.3. The molecule has 4 heteroatoms. The second kappa shape index (κ2) is 4.91. The standard InChI is InChI=1S/C11H8FNO2/c1-15-11(14)10-8(5-3-7-13)4-2-6-9(10)12/h2-6H,1H3. The van der Waals surface area contributed by atoms with Gasteiger partial charge >= 0.3 is 5.97 Å². The van der Waals surface area contributed by atoms with Gasteiger partial charge in [-0.2, -0.15) is 5.26 Å². The van der Waals surface area contributed by atoms with Crippen molar-refractivity contribution >= 4 is 12.0 Å². The Hall–Kier alpha value is -2.15. The van der Waals surface area contributed by atoms with E-state index in [0.717, 1.165) is 6.07 Å². The first-order chi connectivity index (χ1) is 7.20. The molecule has 0 bridgehead atoms. The molecule has 0 aliphatic carbocycles. The van der Waals surface area contributed by atoms with Gasteiger partial charge in [0.15, 0.2) is 0 Å². The number of carbonyl (C=O) groups excluding carboxylic acids is 1. The lowest BCUT2D eigenvalue weighted by molar-refractivity contribution is 0.0595. The van der Waals surface area contributed by atoms with Gasteiger partial charge in [-0.05, 0) is 17.7 Å². The van der Waals surface area contributed by atoms with Gasteiger partial charge < -0.3 is 4.74 Å². The molecule has 0 atom stereocenters. The van der Waals surface area contributed by atoms with Gasteiger partial charge in [0.25, 0.3) is 0 Å². The van der Waals surface area contributed by atoms with Gasteiger partial charge in [-0.15, -0.1) is 0 Å². The Morgan fingerprint density at radius 2 is 2.33 bits per heavy atom. The van der Waals surface area contributed by atoms with Crippen LogP contribution < -0.4 is 0 Å². The highest BCUT2D eigenvalue weighted by Crippen LogP contribution is 2.16. The number of hydrogen-bond acceptors (Lipinski definition) is 3. The maximum Gasteiger partial charge on any atom is 0.341 e. The highest BCUT2D eigenvalue weighted by molar-refractivity contribution is 5.93. The van der Waals surface area contributed by atoms with E-state index in [9.17, 15) is 9.18 Å². The van der Waals surface area contributed by atoms with E-state index in [0.29, 0.717) is 5.56 Å². The third-order valence-electron chi connectivity index (χ3n) is 1.77. The lowest BCUT2D eigenvalue weighted by Gasteiger charge is -2.04. The van der Waals surface area contributed by atoms with Crippen LogP contribution in [0, 0.1) is 17.1 Å². The number of methoxy groups -OCH3 is 1. The summed E-state index contributed by atoms with van der Waals surface area (Å²) in [4.78, 5) is 11.2. The predicted molar refractivity (Wildman–Crippen MR) is 52.4 cm³/mol. The molecular weight excluding hydrogens is 197 g/mol. The molecule has 0 fully saturated rings. The maximum absolute atomic E-state index is 13.3. The SMILES string of the molecule is COC(=O)c1c(F)cccc1C=CC#N. The molecule has 0 unspecified atom stereocenters. The average Bonchev–Trinajstić information content (AvgIpc) is 2.25. The third-order valence-corrected chi connectivity index (χ3v) is 1.77. The number of ether oxygens (including phenoxy) is 1. The van der Waals surface area contributed by atoms with Crippen LogP contribution in [0.15, 0.2) is 24.3 Å². The van der Waals surface area contributed by atoms with Crippen molar-refractivity contribution in [1.29, 1.82) is 5.26 Å². The quantitative estimate of drug-likeness (QED) is 0.549. The summed E-state index contributed by atoms with van der Waals surface area (Å²) in [6, 6.07) is 5.92. The summed E-state index contributed by atoms with van der Waals surface area (Å²) >= 11 is 0. The fraction of sp³-hybridized carbons (Fsp3) is 0.0909. The van der Waals surface area contributed by atoms with Crippen molar-refractivity contribution in [2.24, 2.45) is 0 Å². The van der Waals surface area contributed by atoms with E-state index >= 15 is 0 Å². The fourth-order valence-electron chi connectivity index (χ4n) is 1.12. The molecule has 0 aliphatic rings. The number of rotatable bonds is 2. The van der Waals surface area contributed by atoms with Gasteiger partial charge in [-0.3, -0.25) is 0 Å². The van der Waals surface area contributed by atoms with Crippen molar-refractivity contribution in [3.8, 4) is 6.07 Å². The van der Waals surface area contributed by atoms with Crippen LogP contribution in [0.2, 0.25) is 0 Å². The summed E-state index contributed by atoms with van der Waals surface area (Å²) in [5, 5.41) is 8.34. The minimum atomic E-state index is -0.759. The first-order valence-corrected chi connectivity index (χ1v) is 4.13. The predicted octanol–water partition coefficient (Wildman–Crippen LogP) is 2.15. The van der Waals surface area contributed by atoms with Crippen molar-refractivity contribution < 1.29 is 13.9 Å². The summed E-state index contributed by atoms with van der Waals surface area (Å²) in [5.74, 6) is -1.42. The first-order valence-electron chi connectivity index (χ1n) is 4.13. The highest BCUT2D eigenvalue weighted by Gasteiger charge is 2.15. The van der Waals surface area contributed by atoms with E-state index in [1.54, 1.807) is 6.07 Å². The van der Waals surface area contributed by atoms with Crippen LogP contribution in [0.3, 0.4) is 0 Å². The monoisotopic (exact) mass is 205 g/mol. The van der Waals surface area contributed by atoms with Gasteiger partial charge in [0.2, 0.25) is 0 Å². The van der Waals surface area contributed by atoms with Gasteiger partial charge in [-0.25, -0.2) is 9.18 Å². The van der Waals surface area contributed by atoms with Crippen LogP contribution in [0.4, 0.5) is 4.39 Å². The van der Waals surface area contributed by atoms with Crippen molar-refractivity contribution in [2.75, 3.05) is 7.11 Å². The molecule has 1 rings (SSSR count). The number of esters is 1. The van der Waals surface area contributed by atoms with Crippen molar-refractivity contribution in [3.05, 3.63) is 41.2 Å². The Bertz CT molecular complexity index is 446. The molecule has 0 N–H and O–H groups in total. The second-order valence-corrected chi connectivity index (χ2v) is 2.66. The Labute approximate surface area is 86.4 Å². The van der Waals surface area contributed by atoms with Crippen molar-refractivity contribution in [3.63, 3.8) is 0 Å². The molecule has 0 saturated carbocycles. The fourth-order valence-corrected chi connectivity index (χ4v) is 1.12. The van der Waals surface area contributed by atoms with Crippen LogP contribution in [0.1, 0.15) is 15.9 Å².